The summed E-state index contributed by atoms with van der Waals surface area (Å²) in [6.45, 7) is 3.52. The summed E-state index contributed by atoms with van der Waals surface area (Å²) in [6.07, 6.45) is 5.34. The summed E-state index contributed by atoms with van der Waals surface area (Å²) < 4.78 is 12.0. The topological polar surface area (TPSA) is 42.0 Å². The highest BCUT2D eigenvalue weighted by Gasteiger charge is 2.48. The number of ether oxygens (including phenoxy) is 2. The van der Waals surface area contributed by atoms with E-state index >= 15 is 0 Å². The molecule has 1 amide bonds. The molecule has 1 aliphatic carbocycles. The average molecular weight is 427 g/mol. The number of likely N-dealkylation sites (tertiary alicyclic amines) is 1. The second-order valence-corrected chi connectivity index (χ2v) is 8.97. The van der Waals surface area contributed by atoms with Crippen molar-refractivity contribution >= 4 is 29.1 Å². The standard InChI is InChI=1S/C21H28Cl2N2O3/c1-24(20(26)13-15-4-5-16(22)17(23)12-15)18-6-7-21(27-10-11-28-21)14-19(18)25-8-2-3-9-25/h4-5,12,18-19H,2-3,6-11,13-14H2,1H3/t18-,19-/m0/s1. The van der Waals surface area contributed by atoms with Crippen LogP contribution >= 0.6 is 23.2 Å². The van der Waals surface area contributed by atoms with Crippen LogP contribution in [0.2, 0.25) is 10.0 Å². The highest BCUT2D eigenvalue weighted by molar-refractivity contribution is 6.42. The van der Waals surface area contributed by atoms with Gasteiger partial charge in [-0.05, 0) is 50.0 Å². The van der Waals surface area contributed by atoms with E-state index in [1.807, 2.05) is 18.0 Å². The molecule has 4 rings (SSSR count). The van der Waals surface area contributed by atoms with Gasteiger partial charge in [0.2, 0.25) is 5.91 Å². The van der Waals surface area contributed by atoms with Gasteiger partial charge in [0.1, 0.15) is 0 Å². The number of carbonyl (C=O) groups excluding carboxylic acids is 1. The summed E-state index contributed by atoms with van der Waals surface area (Å²) >= 11 is 12.1. The van der Waals surface area contributed by atoms with Crippen molar-refractivity contribution in [2.24, 2.45) is 0 Å². The maximum absolute atomic E-state index is 13.0. The molecule has 2 saturated heterocycles. The fourth-order valence-electron chi connectivity index (χ4n) is 4.91. The van der Waals surface area contributed by atoms with Gasteiger partial charge >= 0.3 is 0 Å². The number of rotatable bonds is 4. The van der Waals surface area contributed by atoms with Gasteiger partial charge in [0.05, 0.1) is 29.7 Å². The molecule has 0 bridgehead atoms. The zero-order chi connectivity index (χ0) is 19.7. The maximum atomic E-state index is 13.0. The normalized spacial score (nSPS) is 27.4. The lowest BCUT2D eigenvalue weighted by molar-refractivity contribution is -0.198. The summed E-state index contributed by atoms with van der Waals surface area (Å²) in [7, 11) is 1.93. The number of hydrogen-bond donors (Lipinski definition) is 0. The molecule has 0 unspecified atom stereocenters. The molecule has 1 aromatic carbocycles. The smallest absolute Gasteiger partial charge is 0.227 e. The van der Waals surface area contributed by atoms with Crippen LogP contribution in [0.15, 0.2) is 18.2 Å². The molecule has 28 heavy (non-hydrogen) atoms. The Balaban J connectivity index is 1.48. The third-order valence-corrected chi connectivity index (χ3v) is 7.18. The van der Waals surface area contributed by atoms with Crippen LogP contribution in [-0.2, 0) is 20.7 Å². The predicted molar refractivity (Wildman–Crippen MR) is 110 cm³/mol. The van der Waals surface area contributed by atoms with E-state index in [4.69, 9.17) is 32.7 Å². The third-order valence-electron chi connectivity index (χ3n) is 6.44. The first-order valence-electron chi connectivity index (χ1n) is 10.2. The Bertz CT molecular complexity index is 718. The predicted octanol–water partition coefficient (Wildman–Crippen LogP) is 3.75. The second-order valence-electron chi connectivity index (χ2n) is 8.16. The van der Waals surface area contributed by atoms with Gasteiger partial charge in [0.15, 0.2) is 5.79 Å². The van der Waals surface area contributed by atoms with Gasteiger partial charge < -0.3 is 14.4 Å². The van der Waals surface area contributed by atoms with Crippen LogP contribution in [0.1, 0.15) is 37.7 Å². The number of likely N-dealkylation sites (N-methyl/N-ethyl adjacent to an activating group) is 1. The molecule has 1 aromatic rings. The van der Waals surface area contributed by atoms with Crippen molar-refractivity contribution < 1.29 is 14.3 Å². The first kappa shape index (κ1) is 20.4. The number of nitrogens with zero attached hydrogens (tertiary/aromatic N) is 2. The zero-order valence-corrected chi connectivity index (χ0v) is 17.8. The number of benzene rings is 1. The Morgan fingerprint density at radius 3 is 2.61 bits per heavy atom. The molecule has 2 aliphatic heterocycles. The number of amides is 1. The molecule has 0 radical (unpaired) electrons. The maximum Gasteiger partial charge on any atom is 0.227 e. The summed E-state index contributed by atoms with van der Waals surface area (Å²) in [6, 6.07) is 5.85. The number of hydrogen-bond acceptors (Lipinski definition) is 4. The minimum Gasteiger partial charge on any atom is -0.347 e. The molecule has 0 N–H and O–H groups in total. The van der Waals surface area contributed by atoms with Gasteiger partial charge in [-0.3, -0.25) is 9.69 Å². The van der Waals surface area contributed by atoms with Crippen LogP contribution in [0.25, 0.3) is 0 Å². The Labute approximate surface area is 176 Å². The van der Waals surface area contributed by atoms with Gasteiger partial charge in [-0.25, -0.2) is 0 Å². The minimum atomic E-state index is -0.447. The van der Waals surface area contributed by atoms with Gasteiger partial charge in [0.25, 0.3) is 0 Å². The van der Waals surface area contributed by atoms with Crippen LogP contribution in [0.4, 0.5) is 0 Å². The van der Waals surface area contributed by atoms with E-state index in [0.717, 1.165) is 37.9 Å². The molecular formula is C21H28Cl2N2O3. The summed E-state index contributed by atoms with van der Waals surface area (Å²) in [5, 5.41) is 0.995. The van der Waals surface area contributed by atoms with Crippen molar-refractivity contribution in [3.8, 4) is 0 Å². The lowest BCUT2D eigenvalue weighted by Crippen LogP contribution is -2.58. The molecule has 3 aliphatic rings. The molecule has 7 heteroatoms. The lowest BCUT2D eigenvalue weighted by Gasteiger charge is -2.47. The Kier molecular flexibility index (Phi) is 6.19. The Hall–Kier alpha value is -0.850. The highest BCUT2D eigenvalue weighted by atomic mass is 35.5. The first-order valence-corrected chi connectivity index (χ1v) is 10.9. The van der Waals surface area contributed by atoms with Crippen molar-refractivity contribution in [2.45, 2.75) is 56.4 Å². The average Bonchev–Trinajstić information content (AvgIpc) is 3.37. The van der Waals surface area contributed by atoms with Gasteiger partial charge in [-0.2, -0.15) is 0 Å². The van der Waals surface area contributed by atoms with Crippen molar-refractivity contribution in [1.82, 2.24) is 9.80 Å². The van der Waals surface area contributed by atoms with Gasteiger partial charge in [0, 0.05) is 32.0 Å². The van der Waals surface area contributed by atoms with Crippen LogP contribution in [0.3, 0.4) is 0 Å². The fourth-order valence-corrected chi connectivity index (χ4v) is 5.23. The van der Waals surface area contributed by atoms with E-state index in [1.54, 1.807) is 12.1 Å². The van der Waals surface area contributed by atoms with Crippen LogP contribution in [-0.4, -0.2) is 66.9 Å². The molecule has 1 saturated carbocycles. The molecule has 154 valence electrons. The van der Waals surface area contributed by atoms with E-state index in [1.165, 1.54) is 12.8 Å². The van der Waals surface area contributed by atoms with E-state index in [0.29, 0.717) is 29.7 Å². The molecule has 2 heterocycles. The summed E-state index contributed by atoms with van der Waals surface area (Å²) in [5.41, 5.74) is 0.888. The minimum absolute atomic E-state index is 0.108. The lowest BCUT2D eigenvalue weighted by atomic mass is 9.83. The quantitative estimate of drug-likeness (QED) is 0.734. The van der Waals surface area contributed by atoms with Crippen LogP contribution in [0.5, 0.6) is 0 Å². The zero-order valence-electron chi connectivity index (χ0n) is 16.3. The molecule has 5 nitrogen and oxygen atoms in total. The highest BCUT2D eigenvalue weighted by Crippen LogP contribution is 2.40. The van der Waals surface area contributed by atoms with Crippen molar-refractivity contribution in [2.75, 3.05) is 33.4 Å². The summed E-state index contributed by atoms with van der Waals surface area (Å²) in [5.74, 6) is -0.339. The van der Waals surface area contributed by atoms with E-state index in [-0.39, 0.29) is 18.0 Å². The summed E-state index contributed by atoms with van der Waals surface area (Å²) in [4.78, 5) is 17.5. The first-order chi connectivity index (χ1) is 13.5. The van der Waals surface area contributed by atoms with Crippen LogP contribution in [0, 0.1) is 0 Å². The molecular weight excluding hydrogens is 399 g/mol. The monoisotopic (exact) mass is 426 g/mol. The molecule has 3 fully saturated rings. The molecule has 0 aromatic heterocycles. The SMILES string of the molecule is CN(C(=O)Cc1ccc(Cl)c(Cl)c1)[C@H]1CCC2(C[C@@H]1N1CCCC1)OCCO2. The number of carbonyl (C=O) groups is 1. The van der Waals surface area contributed by atoms with Crippen molar-refractivity contribution in [3.05, 3.63) is 33.8 Å². The van der Waals surface area contributed by atoms with Crippen molar-refractivity contribution in [3.63, 3.8) is 0 Å². The Morgan fingerprint density at radius 1 is 1.21 bits per heavy atom. The van der Waals surface area contributed by atoms with Crippen molar-refractivity contribution in [1.29, 1.82) is 0 Å². The fraction of sp³-hybridized carbons (Fsp3) is 0.667. The second kappa shape index (κ2) is 8.49. The van der Waals surface area contributed by atoms with Gasteiger partial charge in [-0.15, -0.1) is 0 Å². The molecule has 1 spiro atoms. The van der Waals surface area contributed by atoms with E-state index < -0.39 is 5.79 Å². The third kappa shape index (κ3) is 4.19. The van der Waals surface area contributed by atoms with E-state index in [9.17, 15) is 4.79 Å². The Morgan fingerprint density at radius 2 is 1.93 bits per heavy atom. The largest absolute Gasteiger partial charge is 0.347 e. The molecule has 2 atom stereocenters. The van der Waals surface area contributed by atoms with Crippen LogP contribution < -0.4 is 0 Å². The number of halogens is 2. The van der Waals surface area contributed by atoms with E-state index in [2.05, 4.69) is 4.90 Å². The van der Waals surface area contributed by atoms with Gasteiger partial charge in [-0.1, -0.05) is 29.3 Å².